The number of nitrogens with zero attached hydrogens (tertiary/aromatic N) is 1. The smallest absolute Gasteiger partial charge is 0.277 e. The van der Waals surface area contributed by atoms with E-state index in [4.69, 9.17) is 10.5 Å². The second kappa shape index (κ2) is 5.29. The van der Waals surface area contributed by atoms with Gasteiger partial charge >= 0.3 is 0 Å². The monoisotopic (exact) mass is 280 g/mol. The summed E-state index contributed by atoms with van der Waals surface area (Å²) in [7, 11) is 0. The van der Waals surface area contributed by atoms with Crippen LogP contribution in [0.4, 0.5) is 5.69 Å². The van der Waals surface area contributed by atoms with Crippen LogP contribution in [0, 0.1) is 0 Å². The fourth-order valence-corrected chi connectivity index (χ4v) is 1.92. The summed E-state index contributed by atoms with van der Waals surface area (Å²) in [6, 6.07) is 5.76. The molecular formula is C12H13ClN4O2. The molecule has 0 aliphatic carbocycles. The molecule has 1 aliphatic heterocycles. The third kappa shape index (κ3) is 2.54. The lowest BCUT2D eigenvalue weighted by Crippen LogP contribution is -2.13. The minimum atomic E-state index is -0.400. The van der Waals surface area contributed by atoms with Crippen LogP contribution in [-0.2, 0) is 13.1 Å². The molecule has 0 saturated carbocycles. The van der Waals surface area contributed by atoms with Gasteiger partial charge in [0.15, 0.2) is 5.69 Å². The molecule has 19 heavy (non-hydrogen) atoms. The molecular weight excluding hydrogens is 268 g/mol. The number of benzene rings is 1. The second-order valence-corrected chi connectivity index (χ2v) is 4.09. The molecule has 0 unspecified atom stereocenters. The highest BCUT2D eigenvalue weighted by atomic mass is 35.5. The lowest BCUT2D eigenvalue weighted by Gasteiger charge is -2.07. The first-order valence-electron chi connectivity index (χ1n) is 5.57. The Kier molecular flexibility index (Phi) is 3.73. The maximum atomic E-state index is 11.3. The molecule has 1 aromatic carbocycles. The highest BCUT2D eigenvalue weighted by molar-refractivity contribution is 5.85. The highest BCUT2D eigenvalue weighted by Crippen LogP contribution is 2.26. The van der Waals surface area contributed by atoms with Gasteiger partial charge in [-0.2, -0.15) is 0 Å². The van der Waals surface area contributed by atoms with Gasteiger partial charge in [-0.15, -0.1) is 12.4 Å². The van der Waals surface area contributed by atoms with Gasteiger partial charge in [-0.1, -0.05) is 6.07 Å². The van der Waals surface area contributed by atoms with Gasteiger partial charge in [-0.05, 0) is 23.3 Å². The van der Waals surface area contributed by atoms with E-state index in [-0.39, 0.29) is 24.0 Å². The molecule has 0 bridgehead atoms. The van der Waals surface area contributed by atoms with Crippen LogP contribution in [0.5, 0.6) is 11.6 Å². The van der Waals surface area contributed by atoms with Crippen molar-refractivity contribution in [2.24, 2.45) is 0 Å². The number of anilines is 1. The van der Waals surface area contributed by atoms with Crippen molar-refractivity contribution >= 4 is 18.1 Å². The molecule has 0 spiro atoms. The van der Waals surface area contributed by atoms with Crippen molar-refractivity contribution < 1.29 is 4.74 Å². The van der Waals surface area contributed by atoms with Gasteiger partial charge in [0, 0.05) is 13.1 Å². The number of halogens is 1. The minimum absolute atomic E-state index is 0. The summed E-state index contributed by atoms with van der Waals surface area (Å²) < 4.78 is 5.53. The molecule has 4 N–H and O–H groups in total. The molecule has 6 nitrogen and oxygen atoms in total. The number of nitrogens with two attached hydrogens (primary N) is 1. The van der Waals surface area contributed by atoms with Crippen LogP contribution in [0.1, 0.15) is 11.1 Å². The summed E-state index contributed by atoms with van der Waals surface area (Å²) in [6.45, 7) is 1.70. The molecule has 0 fully saturated rings. The van der Waals surface area contributed by atoms with E-state index in [1.807, 2.05) is 18.2 Å². The Morgan fingerprint density at radius 1 is 1.26 bits per heavy atom. The van der Waals surface area contributed by atoms with Crippen molar-refractivity contribution in [2.75, 3.05) is 5.73 Å². The van der Waals surface area contributed by atoms with Gasteiger partial charge in [-0.25, -0.2) is 4.98 Å². The number of rotatable bonds is 2. The molecule has 0 amide bonds. The van der Waals surface area contributed by atoms with Crippen LogP contribution >= 0.6 is 12.4 Å². The fourth-order valence-electron chi connectivity index (χ4n) is 1.92. The summed E-state index contributed by atoms with van der Waals surface area (Å²) in [4.78, 5) is 17.6. The van der Waals surface area contributed by atoms with Crippen LogP contribution in [0.3, 0.4) is 0 Å². The molecule has 100 valence electrons. The summed E-state index contributed by atoms with van der Waals surface area (Å²) in [5.74, 6) is 0.756. The zero-order valence-corrected chi connectivity index (χ0v) is 10.8. The van der Waals surface area contributed by atoms with E-state index in [1.54, 1.807) is 0 Å². The average molecular weight is 281 g/mol. The zero-order chi connectivity index (χ0) is 12.5. The van der Waals surface area contributed by atoms with Crippen LogP contribution in [0.15, 0.2) is 29.3 Å². The lowest BCUT2D eigenvalue weighted by atomic mass is 10.1. The second-order valence-electron chi connectivity index (χ2n) is 4.09. The number of nitrogens with one attached hydrogen (secondary N) is 2. The van der Waals surface area contributed by atoms with E-state index in [0.29, 0.717) is 5.75 Å². The lowest BCUT2D eigenvalue weighted by molar-refractivity contribution is 0.463. The maximum absolute atomic E-state index is 11.3. The Bertz CT molecular complexity index is 656. The summed E-state index contributed by atoms with van der Waals surface area (Å²) in [5, 5.41) is 3.25. The molecule has 3 rings (SSSR count). The summed E-state index contributed by atoms with van der Waals surface area (Å²) in [5.41, 5.74) is 7.63. The van der Waals surface area contributed by atoms with E-state index in [1.165, 1.54) is 17.5 Å². The van der Waals surface area contributed by atoms with E-state index in [2.05, 4.69) is 15.3 Å². The van der Waals surface area contributed by atoms with Crippen LogP contribution in [0.25, 0.3) is 0 Å². The number of nitrogen functional groups attached to an aromatic ring is 1. The van der Waals surface area contributed by atoms with Gasteiger partial charge in [0.25, 0.3) is 5.56 Å². The molecule has 2 heterocycles. The Labute approximate surface area is 115 Å². The minimum Gasteiger partial charge on any atom is -0.437 e. The Balaban J connectivity index is 0.00000133. The predicted molar refractivity (Wildman–Crippen MR) is 73.6 cm³/mol. The average Bonchev–Trinajstić information content (AvgIpc) is 2.82. The largest absolute Gasteiger partial charge is 0.437 e. The van der Waals surface area contributed by atoms with Gasteiger partial charge < -0.3 is 20.8 Å². The molecule has 1 aliphatic rings. The molecule has 0 radical (unpaired) electrons. The third-order valence-corrected chi connectivity index (χ3v) is 2.88. The van der Waals surface area contributed by atoms with Crippen LogP contribution in [-0.4, -0.2) is 9.97 Å². The molecule has 2 aromatic rings. The Hall–Kier alpha value is -2.05. The van der Waals surface area contributed by atoms with E-state index in [0.717, 1.165) is 13.1 Å². The molecule has 7 heteroatoms. The van der Waals surface area contributed by atoms with Gasteiger partial charge in [0.05, 0.1) is 6.33 Å². The van der Waals surface area contributed by atoms with Crippen molar-refractivity contribution in [1.82, 2.24) is 15.3 Å². The Morgan fingerprint density at radius 2 is 2.05 bits per heavy atom. The third-order valence-electron chi connectivity index (χ3n) is 2.88. The standard InChI is InChI=1S/C12H12N4O2.ClH/c13-10-11(17)15-6-16-12(10)18-9-2-1-7-4-14-5-8(7)3-9;/h1-3,6,14H,4-5,13H2,(H,15,16,17);1H. The predicted octanol–water partition coefficient (Wildman–Crippen LogP) is 1.17. The molecule has 0 saturated heterocycles. The van der Waals surface area contributed by atoms with Gasteiger partial charge in [0.1, 0.15) is 5.75 Å². The fraction of sp³-hybridized carbons (Fsp3) is 0.167. The quantitative estimate of drug-likeness (QED) is 0.768. The van der Waals surface area contributed by atoms with Crippen molar-refractivity contribution in [3.8, 4) is 11.6 Å². The number of ether oxygens (including phenoxy) is 1. The number of hydrogen-bond acceptors (Lipinski definition) is 5. The van der Waals surface area contributed by atoms with Gasteiger partial charge in [0.2, 0.25) is 5.88 Å². The molecule has 0 atom stereocenters. The summed E-state index contributed by atoms with van der Waals surface area (Å²) in [6.07, 6.45) is 1.27. The van der Waals surface area contributed by atoms with E-state index in [9.17, 15) is 4.79 Å². The zero-order valence-electron chi connectivity index (χ0n) is 9.97. The van der Waals surface area contributed by atoms with Crippen molar-refractivity contribution in [1.29, 1.82) is 0 Å². The number of H-pyrrole nitrogens is 1. The number of aromatic amines is 1. The Morgan fingerprint density at radius 3 is 2.89 bits per heavy atom. The highest BCUT2D eigenvalue weighted by Gasteiger charge is 2.12. The van der Waals surface area contributed by atoms with E-state index < -0.39 is 5.56 Å². The normalized spacial score (nSPS) is 12.6. The van der Waals surface area contributed by atoms with Crippen molar-refractivity contribution in [3.63, 3.8) is 0 Å². The first-order chi connectivity index (χ1) is 8.74. The van der Waals surface area contributed by atoms with E-state index >= 15 is 0 Å². The van der Waals surface area contributed by atoms with Gasteiger partial charge in [-0.3, -0.25) is 4.79 Å². The number of fused-ring (bicyclic) bond motifs is 1. The first kappa shape index (κ1) is 13.4. The maximum Gasteiger partial charge on any atom is 0.277 e. The van der Waals surface area contributed by atoms with Crippen molar-refractivity contribution in [2.45, 2.75) is 13.1 Å². The number of aromatic nitrogens is 2. The van der Waals surface area contributed by atoms with Crippen LogP contribution < -0.4 is 21.3 Å². The SMILES string of the molecule is Cl.Nc1c(Oc2ccc3c(c2)CNC3)nc[nH]c1=O. The van der Waals surface area contributed by atoms with Crippen molar-refractivity contribution in [3.05, 3.63) is 46.0 Å². The summed E-state index contributed by atoms with van der Waals surface area (Å²) >= 11 is 0. The topological polar surface area (TPSA) is 93.0 Å². The van der Waals surface area contributed by atoms with Crippen LogP contribution in [0.2, 0.25) is 0 Å². The number of hydrogen-bond donors (Lipinski definition) is 3. The molecule has 1 aromatic heterocycles. The first-order valence-corrected chi connectivity index (χ1v) is 5.57.